The minimum atomic E-state index is 1.08. The highest BCUT2D eigenvalue weighted by Gasteiger charge is 2.13. The quantitative estimate of drug-likeness (QED) is 0.299. The summed E-state index contributed by atoms with van der Waals surface area (Å²) in [7, 11) is 0. The van der Waals surface area contributed by atoms with E-state index >= 15 is 0 Å². The predicted molar refractivity (Wildman–Crippen MR) is 138 cm³/mol. The van der Waals surface area contributed by atoms with Crippen LogP contribution in [0.25, 0.3) is 43.7 Å². The van der Waals surface area contributed by atoms with Crippen LogP contribution in [0.5, 0.6) is 0 Å². The maximum Gasteiger partial charge on any atom is 0.0544 e. The van der Waals surface area contributed by atoms with Crippen LogP contribution in [0, 0.1) is 13.8 Å². The molecule has 2 N–H and O–H groups in total. The molecule has 154 valence electrons. The van der Waals surface area contributed by atoms with Crippen LogP contribution in [-0.2, 0) is 0 Å². The second kappa shape index (κ2) is 7.28. The molecule has 1 aromatic heterocycles. The van der Waals surface area contributed by atoms with Gasteiger partial charge in [0.15, 0.2) is 0 Å². The summed E-state index contributed by atoms with van der Waals surface area (Å²) < 4.78 is 0. The number of H-pyrrole nitrogens is 1. The van der Waals surface area contributed by atoms with E-state index in [4.69, 9.17) is 0 Å². The molecule has 0 saturated heterocycles. The van der Waals surface area contributed by atoms with E-state index in [1.807, 2.05) is 0 Å². The number of para-hydroxylation sites is 1. The maximum absolute atomic E-state index is 3.72. The minimum absolute atomic E-state index is 1.08. The van der Waals surface area contributed by atoms with Crippen LogP contribution in [0.1, 0.15) is 11.1 Å². The molecule has 0 atom stereocenters. The Kier molecular flexibility index (Phi) is 4.26. The third-order valence-corrected chi connectivity index (χ3v) is 6.42. The molecule has 0 fully saturated rings. The van der Waals surface area contributed by atoms with Gasteiger partial charge in [0.05, 0.1) is 5.52 Å². The van der Waals surface area contributed by atoms with Crippen molar-refractivity contribution >= 4 is 44.0 Å². The molecule has 6 rings (SSSR count). The van der Waals surface area contributed by atoms with Crippen molar-refractivity contribution in [3.8, 4) is 11.1 Å². The summed E-state index contributed by atoms with van der Waals surface area (Å²) >= 11 is 0. The molecule has 0 amide bonds. The average Bonchev–Trinajstić information content (AvgIpc) is 3.23. The zero-order valence-electron chi connectivity index (χ0n) is 18.2. The Morgan fingerprint density at radius 2 is 1.38 bits per heavy atom. The highest BCUT2D eigenvalue weighted by molar-refractivity contribution is 6.14. The van der Waals surface area contributed by atoms with Crippen molar-refractivity contribution in [2.45, 2.75) is 13.8 Å². The molecule has 6 aromatic rings. The molecular formula is C30H24N2. The van der Waals surface area contributed by atoms with Crippen molar-refractivity contribution < 1.29 is 0 Å². The molecule has 5 aromatic carbocycles. The van der Waals surface area contributed by atoms with Crippen molar-refractivity contribution in [3.05, 3.63) is 108 Å². The third-order valence-electron chi connectivity index (χ3n) is 6.42. The number of hydrogen-bond acceptors (Lipinski definition) is 1. The third kappa shape index (κ3) is 3.04. The Morgan fingerprint density at radius 1 is 0.594 bits per heavy atom. The normalized spacial score (nSPS) is 11.4. The smallest absolute Gasteiger partial charge is 0.0544 e. The van der Waals surface area contributed by atoms with Crippen LogP contribution < -0.4 is 5.32 Å². The zero-order valence-corrected chi connectivity index (χ0v) is 18.2. The Balaban J connectivity index is 1.44. The highest BCUT2D eigenvalue weighted by atomic mass is 14.9. The van der Waals surface area contributed by atoms with Crippen LogP contribution in [-0.4, -0.2) is 4.98 Å². The van der Waals surface area contributed by atoms with E-state index < -0.39 is 0 Å². The van der Waals surface area contributed by atoms with Gasteiger partial charge >= 0.3 is 0 Å². The molecule has 2 nitrogen and oxygen atoms in total. The largest absolute Gasteiger partial charge is 0.355 e. The van der Waals surface area contributed by atoms with E-state index in [0.29, 0.717) is 0 Å². The fourth-order valence-electron chi connectivity index (χ4n) is 4.78. The van der Waals surface area contributed by atoms with Crippen molar-refractivity contribution in [2.24, 2.45) is 0 Å². The summed E-state index contributed by atoms with van der Waals surface area (Å²) in [5, 5.41) is 8.69. The summed E-state index contributed by atoms with van der Waals surface area (Å²) in [5.41, 5.74) is 9.61. The lowest BCUT2D eigenvalue weighted by molar-refractivity contribution is 1.42. The second-order valence-corrected chi connectivity index (χ2v) is 8.57. The predicted octanol–water partition coefficient (Wildman–Crippen LogP) is 8.50. The van der Waals surface area contributed by atoms with Crippen molar-refractivity contribution in [2.75, 3.05) is 5.32 Å². The van der Waals surface area contributed by atoms with Gasteiger partial charge in [-0.05, 0) is 65.6 Å². The van der Waals surface area contributed by atoms with Gasteiger partial charge in [0.2, 0.25) is 0 Å². The molecule has 1 heterocycles. The molecule has 0 spiro atoms. The van der Waals surface area contributed by atoms with Gasteiger partial charge in [0.25, 0.3) is 0 Å². The molecule has 0 aliphatic carbocycles. The van der Waals surface area contributed by atoms with Gasteiger partial charge in [-0.15, -0.1) is 0 Å². The lowest BCUT2D eigenvalue weighted by Crippen LogP contribution is -1.91. The highest BCUT2D eigenvalue weighted by Crippen LogP contribution is 2.36. The molecule has 0 unspecified atom stereocenters. The van der Waals surface area contributed by atoms with Crippen LogP contribution >= 0.6 is 0 Å². The summed E-state index contributed by atoms with van der Waals surface area (Å²) in [6.07, 6.45) is 0. The van der Waals surface area contributed by atoms with E-state index in [1.165, 1.54) is 54.8 Å². The zero-order chi connectivity index (χ0) is 21.7. The van der Waals surface area contributed by atoms with E-state index in [1.54, 1.807) is 0 Å². The maximum atomic E-state index is 3.72. The van der Waals surface area contributed by atoms with Gasteiger partial charge in [0, 0.05) is 33.2 Å². The molecule has 0 bridgehead atoms. The Morgan fingerprint density at radius 3 is 2.28 bits per heavy atom. The lowest BCUT2D eigenvalue weighted by atomic mass is 10.00. The summed E-state index contributed by atoms with van der Waals surface area (Å²) in [4.78, 5) is 3.72. The number of rotatable bonds is 3. The van der Waals surface area contributed by atoms with Crippen LogP contribution in [0.3, 0.4) is 0 Å². The second-order valence-electron chi connectivity index (χ2n) is 8.57. The number of aryl methyl sites for hydroxylation is 2. The van der Waals surface area contributed by atoms with Gasteiger partial charge in [0.1, 0.15) is 0 Å². The Labute approximate surface area is 187 Å². The van der Waals surface area contributed by atoms with Crippen molar-refractivity contribution in [3.63, 3.8) is 0 Å². The number of aromatic amines is 1. The summed E-state index contributed by atoms with van der Waals surface area (Å²) in [6, 6.07) is 34.6. The van der Waals surface area contributed by atoms with Crippen molar-refractivity contribution in [1.29, 1.82) is 0 Å². The average molecular weight is 413 g/mol. The van der Waals surface area contributed by atoms with E-state index in [-0.39, 0.29) is 0 Å². The Bertz CT molecular complexity index is 1620. The van der Waals surface area contributed by atoms with Gasteiger partial charge in [-0.2, -0.15) is 0 Å². The first kappa shape index (κ1) is 18.7. The van der Waals surface area contributed by atoms with Gasteiger partial charge in [-0.1, -0.05) is 72.8 Å². The molecule has 0 radical (unpaired) electrons. The van der Waals surface area contributed by atoms with Gasteiger partial charge in [-0.25, -0.2) is 0 Å². The fourth-order valence-corrected chi connectivity index (χ4v) is 4.78. The van der Waals surface area contributed by atoms with Crippen molar-refractivity contribution in [1.82, 2.24) is 4.98 Å². The molecular weight excluding hydrogens is 388 g/mol. The monoisotopic (exact) mass is 412 g/mol. The first-order valence-corrected chi connectivity index (χ1v) is 11.0. The van der Waals surface area contributed by atoms with E-state index in [2.05, 4.69) is 121 Å². The summed E-state index contributed by atoms with van der Waals surface area (Å²) in [6.45, 7) is 4.36. The number of benzene rings is 5. The molecule has 0 saturated carbocycles. The van der Waals surface area contributed by atoms with Gasteiger partial charge in [-0.3, -0.25) is 0 Å². The summed E-state index contributed by atoms with van der Waals surface area (Å²) in [5.74, 6) is 0. The van der Waals surface area contributed by atoms with Crippen LogP contribution in [0.2, 0.25) is 0 Å². The number of fused-ring (bicyclic) bond motifs is 4. The molecule has 0 aliphatic heterocycles. The number of nitrogens with one attached hydrogen (secondary N) is 2. The SMILES string of the molecule is Cc1ccc(C)c2c1[nH]c1c(-c3cccc(Nc4ccc5ccccc5c4)c3)cccc12. The van der Waals surface area contributed by atoms with Crippen LogP contribution in [0.15, 0.2) is 97.1 Å². The lowest BCUT2D eigenvalue weighted by Gasteiger charge is -2.10. The topological polar surface area (TPSA) is 27.8 Å². The standard InChI is InChI=1S/C30H24N2/c1-19-13-14-20(2)29-28(19)27-12-6-11-26(30(27)32-29)23-9-5-10-24(18-23)31-25-16-15-21-7-3-4-8-22(21)17-25/h3-18,31-32H,1-2H3. The first-order valence-electron chi connectivity index (χ1n) is 11.0. The van der Waals surface area contributed by atoms with E-state index in [9.17, 15) is 0 Å². The fraction of sp³-hybridized carbons (Fsp3) is 0.0667. The first-order chi connectivity index (χ1) is 15.7. The Hall–Kier alpha value is -4.04. The minimum Gasteiger partial charge on any atom is -0.355 e. The molecule has 0 aliphatic rings. The number of anilines is 2. The number of hydrogen-bond donors (Lipinski definition) is 2. The van der Waals surface area contributed by atoms with E-state index in [0.717, 1.165) is 11.4 Å². The molecule has 2 heteroatoms. The van der Waals surface area contributed by atoms with Gasteiger partial charge < -0.3 is 10.3 Å². The molecule has 32 heavy (non-hydrogen) atoms. The van der Waals surface area contributed by atoms with Crippen LogP contribution in [0.4, 0.5) is 11.4 Å². The number of aromatic nitrogens is 1.